The number of halogens is 1. The van der Waals surface area contributed by atoms with Gasteiger partial charge in [-0.05, 0) is 36.1 Å². The molecule has 1 aromatic heterocycles. The molecule has 2 rings (SSSR count). The summed E-state index contributed by atoms with van der Waals surface area (Å²) in [5, 5.41) is 2.67. The van der Waals surface area contributed by atoms with E-state index < -0.39 is 12.0 Å². The fourth-order valence-electron chi connectivity index (χ4n) is 1.95. The van der Waals surface area contributed by atoms with E-state index in [0.717, 1.165) is 16.7 Å². The summed E-state index contributed by atoms with van der Waals surface area (Å²) in [7, 11) is 0. The topological polar surface area (TPSA) is 51.2 Å². The molecule has 2 aromatic rings. The molecule has 120 valence electrons. The summed E-state index contributed by atoms with van der Waals surface area (Å²) in [5.41, 5.74) is 2.63. The molecule has 0 aliphatic carbocycles. The van der Waals surface area contributed by atoms with Crippen LogP contribution in [0.25, 0.3) is 6.08 Å². The van der Waals surface area contributed by atoms with Crippen molar-refractivity contribution in [2.24, 2.45) is 0 Å². The zero-order valence-electron chi connectivity index (χ0n) is 13.0. The van der Waals surface area contributed by atoms with Crippen LogP contribution in [-0.2, 0) is 11.3 Å². The summed E-state index contributed by atoms with van der Waals surface area (Å²) in [4.78, 5) is 15.1. The average molecular weight is 314 g/mol. The highest BCUT2D eigenvalue weighted by molar-refractivity contribution is 5.67. The number of pyridine rings is 1. The van der Waals surface area contributed by atoms with Crippen LogP contribution in [0.1, 0.15) is 23.1 Å². The Morgan fingerprint density at radius 2 is 2.13 bits per heavy atom. The molecule has 0 spiro atoms. The molecule has 1 aromatic carbocycles. The number of benzene rings is 1. The van der Waals surface area contributed by atoms with Crippen molar-refractivity contribution >= 4 is 12.2 Å². The Bertz CT molecular complexity index is 672. The molecule has 0 atom stereocenters. The van der Waals surface area contributed by atoms with Crippen LogP contribution in [0.3, 0.4) is 0 Å². The van der Waals surface area contributed by atoms with E-state index >= 15 is 0 Å². The second kappa shape index (κ2) is 8.68. The highest BCUT2D eigenvalue weighted by atomic mass is 19.1. The van der Waals surface area contributed by atoms with Gasteiger partial charge in [0.25, 0.3) is 0 Å². The molecular weight excluding hydrogens is 295 g/mol. The van der Waals surface area contributed by atoms with Gasteiger partial charge in [0.15, 0.2) is 0 Å². The molecule has 0 unspecified atom stereocenters. The van der Waals surface area contributed by atoms with Crippen molar-refractivity contribution in [2.75, 3.05) is 6.54 Å². The number of hydrogen-bond acceptors (Lipinski definition) is 3. The number of carbonyl (C=O) groups excluding carboxylic acids is 1. The van der Waals surface area contributed by atoms with E-state index in [1.54, 1.807) is 0 Å². The summed E-state index contributed by atoms with van der Waals surface area (Å²) in [5.74, 6) is -0.484. The van der Waals surface area contributed by atoms with Gasteiger partial charge < -0.3 is 10.1 Å². The maximum absolute atomic E-state index is 12.9. The predicted octanol–water partition coefficient (Wildman–Crippen LogP) is 3.86. The first-order chi connectivity index (χ1) is 11.1. The normalized spacial score (nSPS) is 10.7. The van der Waals surface area contributed by atoms with E-state index in [9.17, 15) is 9.18 Å². The molecule has 0 fully saturated rings. The minimum absolute atomic E-state index is 0.253. The molecule has 1 N–H and O–H groups in total. The number of carbonyl (C=O) groups is 1. The number of nitrogens with zero attached hydrogens (tertiary/aromatic N) is 1. The van der Waals surface area contributed by atoms with Gasteiger partial charge in [0.1, 0.15) is 6.61 Å². The number of aryl methyl sites for hydroxylation is 1. The van der Waals surface area contributed by atoms with E-state index in [0.29, 0.717) is 13.0 Å². The molecule has 0 radical (unpaired) electrons. The van der Waals surface area contributed by atoms with Crippen LogP contribution in [0.2, 0.25) is 0 Å². The Morgan fingerprint density at radius 1 is 1.35 bits per heavy atom. The van der Waals surface area contributed by atoms with Gasteiger partial charge in [-0.15, -0.1) is 0 Å². The number of hydrogen-bond donors (Lipinski definition) is 1. The molecule has 4 nitrogen and oxygen atoms in total. The minimum Gasteiger partial charge on any atom is -0.445 e. The number of amides is 1. The second-order valence-electron chi connectivity index (χ2n) is 5.04. The Labute approximate surface area is 135 Å². The number of rotatable bonds is 6. The van der Waals surface area contributed by atoms with Gasteiger partial charge in [0.05, 0.1) is 0 Å². The molecule has 1 amide bonds. The lowest BCUT2D eigenvalue weighted by Crippen LogP contribution is -2.24. The lowest BCUT2D eigenvalue weighted by Gasteiger charge is -2.06. The molecule has 0 aliphatic heterocycles. The standard InChI is InChI=1S/C18H19FN2O2/c1-14-11-17(19)21-12-16(14)9-5-6-10-20-18(22)23-13-15-7-3-2-4-8-15/h2-5,7-9,11-12H,6,10,13H2,1H3,(H,20,22). The highest BCUT2D eigenvalue weighted by Crippen LogP contribution is 2.09. The molecule has 5 heteroatoms. The Morgan fingerprint density at radius 3 is 2.87 bits per heavy atom. The van der Waals surface area contributed by atoms with Gasteiger partial charge in [-0.1, -0.05) is 42.5 Å². The quantitative estimate of drug-likeness (QED) is 0.650. The van der Waals surface area contributed by atoms with Gasteiger partial charge >= 0.3 is 6.09 Å². The Balaban J connectivity index is 1.66. The zero-order chi connectivity index (χ0) is 16.5. The van der Waals surface area contributed by atoms with Crippen molar-refractivity contribution in [1.82, 2.24) is 10.3 Å². The van der Waals surface area contributed by atoms with Crippen LogP contribution in [0.4, 0.5) is 9.18 Å². The summed E-state index contributed by atoms with van der Waals surface area (Å²) in [6.07, 6.45) is 5.46. The van der Waals surface area contributed by atoms with Crippen molar-refractivity contribution in [1.29, 1.82) is 0 Å². The first-order valence-electron chi connectivity index (χ1n) is 7.38. The molecule has 0 saturated carbocycles. The van der Waals surface area contributed by atoms with Crippen molar-refractivity contribution in [2.45, 2.75) is 20.0 Å². The summed E-state index contributed by atoms with van der Waals surface area (Å²) in [6.45, 7) is 2.55. The van der Waals surface area contributed by atoms with Crippen molar-refractivity contribution in [3.63, 3.8) is 0 Å². The van der Waals surface area contributed by atoms with Crippen LogP contribution in [-0.4, -0.2) is 17.6 Å². The third-order valence-corrected chi connectivity index (χ3v) is 3.21. The van der Waals surface area contributed by atoms with E-state index in [1.165, 1.54) is 12.3 Å². The monoisotopic (exact) mass is 314 g/mol. The van der Waals surface area contributed by atoms with Crippen LogP contribution in [0.15, 0.2) is 48.7 Å². The van der Waals surface area contributed by atoms with Gasteiger partial charge in [0, 0.05) is 12.7 Å². The van der Waals surface area contributed by atoms with Crippen LogP contribution >= 0.6 is 0 Å². The molecular formula is C18H19FN2O2. The van der Waals surface area contributed by atoms with Crippen molar-refractivity contribution in [3.8, 4) is 0 Å². The van der Waals surface area contributed by atoms with Gasteiger partial charge in [-0.2, -0.15) is 4.39 Å². The highest BCUT2D eigenvalue weighted by Gasteiger charge is 2.01. The van der Waals surface area contributed by atoms with E-state index in [2.05, 4.69) is 10.3 Å². The summed E-state index contributed by atoms with van der Waals surface area (Å²) >= 11 is 0. The number of alkyl carbamates (subject to hydrolysis) is 1. The molecule has 0 aliphatic rings. The first kappa shape index (κ1) is 16.7. The maximum atomic E-state index is 12.9. The molecule has 0 saturated heterocycles. The number of nitrogens with one attached hydrogen (secondary N) is 1. The molecule has 23 heavy (non-hydrogen) atoms. The fourth-order valence-corrected chi connectivity index (χ4v) is 1.95. The third-order valence-electron chi connectivity index (χ3n) is 3.21. The summed E-state index contributed by atoms with van der Waals surface area (Å²) in [6, 6.07) is 10.9. The third kappa shape index (κ3) is 5.90. The van der Waals surface area contributed by atoms with Crippen molar-refractivity contribution in [3.05, 3.63) is 71.3 Å². The zero-order valence-corrected chi connectivity index (χ0v) is 13.0. The van der Waals surface area contributed by atoms with E-state index in [1.807, 2.05) is 49.4 Å². The van der Waals surface area contributed by atoms with E-state index in [4.69, 9.17) is 4.74 Å². The Hall–Kier alpha value is -2.69. The van der Waals surface area contributed by atoms with Gasteiger partial charge in [-0.3, -0.25) is 0 Å². The smallest absolute Gasteiger partial charge is 0.407 e. The first-order valence-corrected chi connectivity index (χ1v) is 7.38. The summed E-state index contributed by atoms with van der Waals surface area (Å²) < 4.78 is 18.0. The second-order valence-corrected chi connectivity index (χ2v) is 5.04. The van der Waals surface area contributed by atoms with Crippen LogP contribution in [0.5, 0.6) is 0 Å². The largest absolute Gasteiger partial charge is 0.445 e. The molecule has 1 heterocycles. The average Bonchev–Trinajstić information content (AvgIpc) is 2.55. The van der Waals surface area contributed by atoms with Crippen LogP contribution < -0.4 is 5.32 Å². The lowest BCUT2D eigenvalue weighted by molar-refractivity contribution is 0.140. The fraction of sp³-hybridized carbons (Fsp3) is 0.222. The predicted molar refractivity (Wildman–Crippen MR) is 87.2 cm³/mol. The number of ether oxygens (including phenoxy) is 1. The molecule has 0 bridgehead atoms. The lowest BCUT2D eigenvalue weighted by atomic mass is 10.1. The Kier molecular flexibility index (Phi) is 6.29. The maximum Gasteiger partial charge on any atom is 0.407 e. The number of aromatic nitrogens is 1. The SMILES string of the molecule is Cc1cc(F)ncc1C=CCCNC(=O)OCc1ccccc1. The van der Waals surface area contributed by atoms with Gasteiger partial charge in [0.2, 0.25) is 5.95 Å². The van der Waals surface area contributed by atoms with E-state index in [-0.39, 0.29) is 6.61 Å². The van der Waals surface area contributed by atoms with Crippen LogP contribution in [0, 0.1) is 12.9 Å². The van der Waals surface area contributed by atoms with Crippen molar-refractivity contribution < 1.29 is 13.9 Å². The minimum atomic E-state index is -0.484. The van der Waals surface area contributed by atoms with Gasteiger partial charge in [-0.25, -0.2) is 9.78 Å².